The zero-order valence-corrected chi connectivity index (χ0v) is 21.3. The number of aliphatic hydroxyl groups excluding tert-OH is 1. The molecule has 3 aromatic carbocycles. The zero-order chi connectivity index (χ0) is 26.7. The lowest BCUT2D eigenvalue weighted by Gasteiger charge is -2.26. The van der Waals surface area contributed by atoms with Gasteiger partial charge in [-0.2, -0.15) is 0 Å². The Kier molecular flexibility index (Phi) is 7.59. The number of phenols is 1. The number of benzene rings is 3. The minimum Gasteiger partial charge on any atom is -0.508 e. The summed E-state index contributed by atoms with van der Waals surface area (Å²) in [5, 5.41) is 21.3. The molecule has 0 aromatic heterocycles. The molecule has 2 N–H and O–H groups in total. The molecule has 1 aliphatic rings. The lowest BCUT2D eigenvalue weighted by molar-refractivity contribution is -0.132. The van der Waals surface area contributed by atoms with Crippen molar-refractivity contribution in [1.82, 2.24) is 0 Å². The Balaban J connectivity index is 1.92. The topological polar surface area (TPSA) is 106 Å². The number of halogens is 1. The van der Waals surface area contributed by atoms with Crippen molar-refractivity contribution in [3.05, 3.63) is 82.4 Å². The van der Waals surface area contributed by atoms with Crippen LogP contribution in [0.3, 0.4) is 0 Å². The normalized spacial score (nSPS) is 16.6. The minimum absolute atomic E-state index is 0.0161. The zero-order valence-electron chi connectivity index (χ0n) is 20.5. The number of hydrogen-bond acceptors (Lipinski definition) is 7. The maximum Gasteiger partial charge on any atom is 0.300 e. The largest absolute Gasteiger partial charge is 0.508 e. The summed E-state index contributed by atoms with van der Waals surface area (Å²) in [6, 6.07) is 14.6. The van der Waals surface area contributed by atoms with Gasteiger partial charge in [-0.05, 0) is 61.9 Å². The van der Waals surface area contributed by atoms with Crippen molar-refractivity contribution in [1.29, 1.82) is 0 Å². The standard InChI is InChI=1S/C28H26ClNO7/c1-4-36-22-13-9-18(15-23(22)37-5-2)30-25(16-6-10-19(31)11-7-16)24(27(33)28(30)34)26(32)17-8-12-21(35-3)20(29)14-17/h6-15,25,31-32H,4-5H2,1-3H3/b26-24+. The second-order valence-corrected chi connectivity index (χ2v) is 8.51. The fourth-order valence-corrected chi connectivity index (χ4v) is 4.49. The number of methoxy groups -OCH3 is 1. The summed E-state index contributed by atoms with van der Waals surface area (Å²) in [6.07, 6.45) is 0. The molecule has 0 bridgehead atoms. The quantitative estimate of drug-likeness (QED) is 0.229. The van der Waals surface area contributed by atoms with E-state index in [9.17, 15) is 19.8 Å². The molecule has 1 atom stereocenters. The number of anilines is 1. The highest BCUT2D eigenvalue weighted by atomic mass is 35.5. The summed E-state index contributed by atoms with van der Waals surface area (Å²) in [5.74, 6) is -0.762. The highest BCUT2D eigenvalue weighted by Crippen LogP contribution is 2.44. The van der Waals surface area contributed by atoms with Gasteiger partial charge < -0.3 is 24.4 Å². The smallest absolute Gasteiger partial charge is 0.300 e. The van der Waals surface area contributed by atoms with Gasteiger partial charge in [0.1, 0.15) is 17.3 Å². The number of carbonyl (C=O) groups is 2. The third kappa shape index (κ3) is 4.93. The molecule has 0 radical (unpaired) electrons. The van der Waals surface area contributed by atoms with Crippen molar-refractivity contribution < 1.29 is 34.0 Å². The van der Waals surface area contributed by atoms with E-state index in [2.05, 4.69) is 0 Å². The van der Waals surface area contributed by atoms with E-state index < -0.39 is 17.7 Å². The Morgan fingerprint density at radius 1 is 0.919 bits per heavy atom. The van der Waals surface area contributed by atoms with E-state index in [0.29, 0.717) is 41.7 Å². The molecule has 37 heavy (non-hydrogen) atoms. The van der Waals surface area contributed by atoms with Gasteiger partial charge in [0.2, 0.25) is 0 Å². The Morgan fingerprint density at radius 2 is 1.57 bits per heavy atom. The number of carbonyl (C=O) groups excluding carboxylic acids is 2. The molecule has 0 saturated carbocycles. The number of aromatic hydroxyl groups is 1. The van der Waals surface area contributed by atoms with E-state index in [1.807, 2.05) is 13.8 Å². The molecule has 0 aliphatic carbocycles. The predicted octanol–water partition coefficient (Wildman–Crippen LogP) is 5.48. The molecular weight excluding hydrogens is 498 g/mol. The number of ether oxygens (including phenoxy) is 3. The van der Waals surface area contributed by atoms with Crippen LogP contribution < -0.4 is 19.1 Å². The van der Waals surface area contributed by atoms with E-state index >= 15 is 0 Å². The Morgan fingerprint density at radius 3 is 2.19 bits per heavy atom. The van der Waals surface area contributed by atoms with E-state index in [0.717, 1.165) is 0 Å². The lowest BCUT2D eigenvalue weighted by Crippen LogP contribution is -2.29. The first-order valence-corrected chi connectivity index (χ1v) is 12.0. The number of aliphatic hydroxyl groups is 1. The lowest BCUT2D eigenvalue weighted by atomic mass is 9.95. The second-order valence-electron chi connectivity index (χ2n) is 8.11. The fraction of sp³-hybridized carbons (Fsp3) is 0.214. The number of nitrogens with zero attached hydrogens (tertiary/aromatic N) is 1. The van der Waals surface area contributed by atoms with E-state index in [-0.39, 0.29) is 27.7 Å². The molecule has 192 valence electrons. The van der Waals surface area contributed by atoms with Gasteiger partial charge in [-0.1, -0.05) is 23.7 Å². The molecule has 0 spiro atoms. The minimum atomic E-state index is -0.992. The van der Waals surface area contributed by atoms with Crippen molar-refractivity contribution in [3.8, 4) is 23.0 Å². The van der Waals surface area contributed by atoms with Crippen LogP contribution in [-0.2, 0) is 9.59 Å². The first kappa shape index (κ1) is 25.9. The van der Waals surface area contributed by atoms with Crippen LogP contribution in [0.5, 0.6) is 23.0 Å². The van der Waals surface area contributed by atoms with Crippen molar-refractivity contribution in [2.45, 2.75) is 19.9 Å². The summed E-state index contributed by atoms with van der Waals surface area (Å²) in [5.41, 5.74) is 1.00. The highest BCUT2D eigenvalue weighted by molar-refractivity contribution is 6.51. The second kappa shape index (κ2) is 10.8. The molecule has 1 saturated heterocycles. The van der Waals surface area contributed by atoms with Gasteiger partial charge in [-0.15, -0.1) is 0 Å². The summed E-state index contributed by atoms with van der Waals surface area (Å²) >= 11 is 6.25. The maximum atomic E-state index is 13.4. The number of Topliss-reactive ketones (excluding diaryl/α,β-unsaturated/α-hetero) is 1. The summed E-state index contributed by atoms with van der Waals surface area (Å²) in [6.45, 7) is 4.45. The molecule has 1 amide bonds. The Labute approximate surface area is 219 Å². The third-order valence-electron chi connectivity index (χ3n) is 5.88. The number of hydrogen-bond donors (Lipinski definition) is 2. The van der Waals surface area contributed by atoms with Crippen molar-refractivity contribution in [2.75, 3.05) is 25.2 Å². The van der Waals surface area contributed by atoms with Crippen LogP contribution in [-0.4, -0.2) is 42.2 Å². The van der Waals surface area contributed by atoms with E-state index in [1.165, 1.54) is 30.2 Å². The van der Waals surface area contributed by atoms with Crippen LogP contribution in [0.25, 0.3) is 5.76 Å². The van der Waals surface area contributed by atoms with E-state index in [1.54, 1.807) is 42.5 Å². The molecule has 1 heterocycles. The molecule has 8 nitrogen and oxygen atoms in total. The fourth-order valence-electron chi connectivity index (χ4n) is 4.23. The maximum absolute atomic E-state index is 13.4. The van der Waals surface area contributed by atoms with Crippen molar-refractivity contribution in [3.63, 3.8) is 0 Å². The predicted molar refractivity (Wildman–Crippen MR) is 140 cm³/mol. The van der Waals surface area contributed by atoms with Crippen LogP contribution in [0.1, 0.15) is 31.0 Å². The summed E-state index contributed by atoms with van der Waals surface area (Å²) in [7, 11) is 1.46. The van der Waals surface area contributed by atoms with Crippen molar-refractivity contribution in [2.24, 2.45) is 0 Å². The highest BCUT2D eigenvalue weighted by Gasteiger charge is 2.47. The van der Waals surface area contributed by atoms with Gasteiger partial charge >= 0.3 is 0 Å². The van der Waals surface area contributed by atoms with Gasteiger partial charge in [-0.3, -0.25) is 14.5 Å². The molecule has 1 unspecified atom stereocenters. The molecule has 9 heteroatoms. The number of rotatable bonds is 8. The van der Waals surface area contributed by atoms with Gasteiger partial charge in [0.15, 0.2) is 11.5 Å². The first-order valence-electron chi connectivity index (χ1n) is 11.6. The van der Waals surface area contributed by atoms with E-state index in [4.69, 9.17) is 25.8 Å². The van der Waals surface area contributed by atoms with Gasteiger partial charge in [-0.25, -0.2) is 0 Å². The van der Waals surface area contributed by atoms with Crippen LogP contribution in [0.2, 0.25) is 5.02 Å². The van der Waals surface area contributed by atoms with Crippen LogP contribution in [0, 0.1) is 0 Å². The number of ketones is 1. The van der Waals surface area contributed by atoms with Gasteiger partial charge in [0.25, 0.3) is 11.7 Å². The third-order valence-corrected chi connectivity index (χ3v) is 6.18. The van der Waals surface area contributed by atoms with Crippen LogP contribution in [0.15, 0.2) is 66.2 Å². The summed E-state index contributed by atoms with van der Waals surface area (Å²) < 4.78 is 16.5. The van der Waals surface area contributed by atoms with Crippen molar-refractivity contribution >= 4 is 34.7 Å². The van der Waals surface area contributed by atoms with Crippen LogP contribution >= 0.6 is 11.6 Å². The number of amides is 1. The first-order chi connectivity index (χ1) is 17.8. The SMILES string of the molecule is CCOc1ccc(N2C(=O)C(=O)/C(=C(/O)c3ccc(OC)c(Cl)c3)C2c2ccc(O)cc2)cc1OCC. The van der Waals surface area contributed by atoms with Gasteiger partial charge in [0.05, 0.1) is 37.0 Å². The number of phenolic OH excluding ortho intramolecular Hbond substituents is 1. The average molecular weight is 524 g/mol. The Hall–Kier alpha value is -4.17. The molecule has 1 fully saturated rings. The summed E-state index contributed by atoms with van der Waals surface area (Å²) in [4.78, 5) is 28.1. The van der Waals surface area contributed by atoms with Gasteiger partial charge in [0, 0.05) is 17.3 Å². The molecule has 1 aliphatic heterocycles. The average Bonchev–Trinajstić information content (AvgIpc) is 3.15. The molecular formula is C28H26ClNO7. The monoisotopic (exact) mass is 523 g/mol. The Bertz CT molecular complexity index is 1370. The molecule has 4 rings (SSSR count). The van der Waals surface area contributed by atoms with Crippen LogP contribution in [0.4, 0.5) is 5.69 Å². The molecule has 3 aromatic rings.